The summed E-state index contributed by atoms with van der Waals surface area (Å²) in [6.45, 7) is -0.715. The first-order valence-corrected chi connectivity index (χ1v) is 4.30. The van der Waals surface area contributed by atoms with Gasteiger partial charge in [0.15, 0.2) is 11.6 Å². The van der Waals surface area contributed by atoms with Crippen molar-refractivity contribution >= 4 is 11.8 Å². The van der Waals surface area contributed by atoms with Crippen LogP contribution in [0.1, 0.15) is 10.4 Å². The molecule has 0 aliphatic carbocycles. The zero-order valence-electron chi connectivity index (χ0n) is 8.32. The standard InChI is InChI=1S/C9H9F3N2O2/c1-14(4-6(10)11)8-7(12)5(9(15)16)2-3-13-8/h2-3,6H,4H2,1H3,(H,15,16). The van der Waals surface area contributed by atoms with Crippen molar-refractivity contribution in [3.8, 4) is 0 Å². The van der Waals surface area contributed by atoms with Gasteiger partial charge in [-0.25, -0.2) is 22.9 Å². The van der Waals surface area contributed by atoms with Crippen molar-refractivity contribution in [1.29, 1.82) is 0 Å². The lowest BCUT2D eigenvalue weighted by molar-refractivity contribution is 0.0692. The number of aromatic carboxylic acids is 1. The van der Waals surface area contributed by atoms with Crippen molar-refractivity contribution < 1.29 is 23.1 Å². The van der Waals surface area contributed by atoms with E-state index in [1.165, 1.54) is 7.05 Å². The minimum atomic E-state index is -2.65. The number of carboxylic acid groups (broad SMARTS) is 1. The molecular weight excluding hydrogens is 225 g/mol. The monoisotopic (exact) mass is 234 g/mol. The van der Waals surface area contributed by atoms with E-state index in [-0.39, 0.29) is 0 Å². The maximum absolute atomic E-state index is 13.5. The highest BCUT2D eigenvalue weighted by molar-refractivity contribution is 5.88. The Bertz CT molecular complexity index is 398. The average molecular weight is 234 g/mol. The molecule has 0 atom stereocenters. The van der Waals surface area contributed by atoms with Crippen LogP contribution in [-0.2, 0) is 0 Å². The number of nitrogens with zero attached hydrogens (tertiary/aromatic N) is 2. The molecule has 1 heterocycles. The third-order valence-electron chi connectivity index (χ3n) is 1.87. The molecule has 0 aliphatic rings. The van der Waals surface area contributed by atoms with Crippen LogP contribution in [0.4, 0.5) is 19.0 Å². The van der Waals surface area contributed by atoms with E-state index in [0.717, 1.165) is 17.2 Å². The summed E-state index contributed by atoms with van der Waals surface area (Å²) in [5.74, 6) is -2.98. The Hall–Kier alpha value is -1.79. The third-order valence-corrected chi connectivity index (χ3v) is 1.87. The van der Waals surface area contributed by atoms with Crippen LogP contribution in [0.15, 0.2) is 12.3 Å². The van der Waals surface area contributed by atoms with Crippen LogP contribution >= 0.6 is 0 Å². The van der Waals surface area contributed by atoms with Crippen molar-refractivity contribution in [1.82, 2.24) is 4.98 Å². The minimum absolute atomic E-state index is 0.403. The van der Waals surface area contributed by atoms with E-state index in [4.69, 9.17) is 5.11 Å². The molecule has 0 spiro atoms. The van der Waals surface area contributed by atoms with Gasteiger partial charge in [0.05, 0.1) is 6.54 Å². The van der Waals surface area contributed by atoms with Gasteiger partial charge < -0.3 is 10.0 Å². The molecule has 0 fully saturated rings. The fourth-order valence-corrected chi connectivity index (χ4v) is 1.16. The molecule has 1 N–H and O–H groups in total. The maximum atomic E-state index is 13.5. The molecule has 0 unspecified atom stereocenters. The van der Waals surface area contributed by atoms with Crippen molar-refractivity contribution in [2.24, 2.45) is 0 Å². The molecule has 4 nitrogen and oxygen atoms in total. The second kappa shape index (κ2) is 4.82. The van der Waals surface area contributed by atoms with Crippen molar-refractivity contribution in [2.75, 3.05) is 18.5 Å². The summed E-state index contributed by atoms with van der Waals surface area (Å²) >= 11 is 0. The van der Waals surface area contributed by atoms with Gasteiger partial charge in [-0.05, 0) is 6.07 Å². The maximum Gasteiger partial charge on any atom is 0.338 e. The number of alkyl halides is 2. The summed E-state index contributed by atoms with van der Waals surface area (Å²) in [6.07, 6.45) is -1.59. The number of halogens is 3. The normalized spacial score (nSPS) is 10.6. The minimum Gasteiger partial charge on any atom is -0.478 e. The number of carboxylic acids is 1. The van der Waals surface area contributed by atoms with E-state index in [9.17, 15) is 18.0 Å². The van der Waals surface area contributed by atoms with Gasteiger partial charge in [-0.2, -0.15) is 0 Å². The van der Waals surface area contributed by atoms with E-state index in [2.05, 4.69) is 4.98 Å². The van der Waals surface area contributed by atoms with Crippen LogP contribution in [0.2, 0.25) is 0 Å². The molecule has 1 aromatic heterocycles. The van der Waals surface area contributed by atoms with Crippen molar-refractivity contribution in [3.05, 3.63) is 23.6 Å². The lowest BCUT2D eigenvalue weighted by Crippen LogP contribution is -2.26. The average Bonchev–Trinajstić information content (AvgIpc) is 2.16. The highest BCUT2D eigenvalue weighted by Crippen LogP contribution is 2.18. The van der Waals surface area contributed by atoms with Gasteiger partial charge in [-0.15, -0.1) is 0 Å². The molecule has 0 saturated carbocycles. The summed E-state index contributed by atoms with van der Waals surface area (Å²) in [5.41, 5.74) is -0.592. The summed E-state index contributed by atoms with van der Waals surface area (Å²) < 4.78 is 37.6. The van der Waals surface area contributed by atoms with Gasteiger partial charge in [0, 0.05) is 13.2 Å². The van der Waals surface area contributed by atoms with Gasteiger partial charge in [0.25, 0.3) is 6.43 Å². The number of aromatic nitrogens is 1. The first-order valence-electron chi connectivity index (χ1n) is 4.30. The van der Waals surface area contributed by atoms with Crippen LogP contribution in [0.25, 0.3) is 0 Å². The number of pyridine rings is 1. The molecule has 16 heavy (non-hydrogen) atoms. The molecule has 0 bridgehead atoms. The van der Waals surface area contributed by atoms with E-state index in [0.29, 0.717) is 0 Å². The summed E-state index contributed by atoms with van der Waals surface area (Å²) in [7, 11) is 1.21. The molecule has 0 aliphatic heterocycles. The second-order valence-corrected chi connectivity index (χ2v) is 3.07. The zero-order valence-corrected chi connectivity index (χ0v) is 8.32. The first kappa shape index (κ1) is 12.3. The zero-order chi connectivity index (χ0) is 12.3. The molecule has 0 saturated heterocycles. The Morgan fingerprint density at radius 1 is 1.62 bits per heavy atom. The number of anilines is 1. The van der Waals surface area contributed by atoms with Crippen LogP contribution in [-0.4, -0.2) is 36.1 Å². The van der Waals surface area contributed by atoms with Crippen LogP contribution in [0.5, 0.6) is 0 Å². The molecule has 88 valence electrons. The summed E-state index contributed by atoms with van der Waals surface area (Å²) in [4.78, 5) is 15.0. The Balaban J connectivity index is 3.05. The molecule has 0 radical (unpaired) electrons. The molecule has 7 heteroatoms. The Morgan fingerprint density at radius 2 is 2.25 bits per heavy atom. The van der Waals surface area contributed by atoms with Crippen molar-refractivity contribution in [2.45, 2.75) is 6.43 Å². The molecule has 0 amide bonds. The van der Waals surface area contributed by atoms with Crippen LogP contribution < -0.4 is 4.90 Å². The lowest BCUT2D eigenvalue weighted by atomic mass is 10.2. The number of hydrogen-bond donors (Lipinski definition) is 1. The molecular formula is C9H9F3N2O2. The van der Waals surface area contributed by atoms with Crippen molar-refractivity contribution in [3.63, 3.8) is 0 Å². The Kier molecular flexibility index (Phi) is 3.70. The van der Waals surface area contributed by atoms with Gasteiger partial charge >= 0.3 is 5.97 Å². The third kappa shape index (κ3) is 2.62. The smallest absolute Gasteiger partial charge is 0.338 e. The van der Waals surface area contributed by atoms with Gasteiger partial charge in [0.1, 0.15) is 5.56 Å². The Morgan fingerprint density at radius 3 is 2.75 bits per heavy atom. The van der Waals surface area contributed by atoms with Gasteiger partial charge in [-0.3, -0.25) is 0 Å². The topological polar surface area (TPSA) is 53.4 Å². The highest BCUT2D eigenvalue weighted by atomic mass is 19.3. The van der Waals surface area contributed by atoms with Crippen LogP contribution in [0.3, 0.4) is 0 Å². The molecule has 0 aromatic carbocycles. The van der Waals surface area contributed by atoms with Crippen LogP contribution in [0, 0.1) is 5.82 Å². The number of rotatable bonds is 4. The highest BCUT2D eigenvalue weighted by Gasteiger charge is 2.19. The summed E-state index contributed by atoms with van der Waals surface area (Å²) in [5, 5.41) is 8.62. The molecule has 1 rings (SSSR count). The molecule has 1 aromatic rings. The fraction of sp³-hybridized carbons (Fsp3) is 0.333. The first-order chi connectivity index (χ1) is 7.43. The number of carbonyl (C=O) groups is 1. The SMILES string of the molecule is CN(CC(F)F)c1nccc(C(=O)O)c1F. The predicted molar refractivity (Wildman–Crippen MR) is 50.4 cm³/mol. The van der Waals surface area contributed by atoms with Gasteiger partial charge in [0.2, 0.25) is 0 Å². The second-order valence-electron chi connectivity index (χ2n) is 3.07. The fourth-order valence-electron chi connectivity index (χ4n) is 1.16. The quantitative estimate of drug-likeness (QED) is 0.860. The van der Waals surface area contributed by atoms with E-state index < -0.39 is 36.1 Å². The van der Waals surface area contributed by atoms with E-state index in [1.807, 2.05) is 0 Å². The van der Waals surface area contributed by atoms with Gasteiger partial charge in [-0.1, -0.05) is 0 Å². The van der Waals surface area contributed by atoms with E-state index in [1.54, 1.807) is 0 Å². The lowest BCUT2D eigenvalue weighted by Gasteiger charge is -2.18. The Labute approximate surface area is 89.3 Å². The number of hydrogen-bond acceptors (Lipinski definition) is 3. The summed E-state index contributed by atoms with van der Waals surface area (Å²) in [6, 6.07) is 0.970. The largest absolute Gasteiger partial charge is 0.478 e. The van der Waals surface area contributed by atoms with E-state index >= 15 is 0 Å². The predicted octanol–water partition coefficient (Wildman–Crippen LogP) is 1.62.